The van der Waals surface area contributed by atoms with E-state index in [1.165, 1.54) is 6.92 Å². The van der Waals surface area contributed by atoms with Crippen LogP contribution < -0.4 is 26.8 Å². The lowest BCUT2D eigenvalue weighted by Gasteiger charge is -2.23. The zero-order valence-electron chi connectivity index (χ0n) is 19.1. The highest BCUT2D eigenvalue weighted by molar-refractivity contribution is 5.90. The van der Waals surface area contributed by atoms with Gasteiger partial charge >= 0.3 is 6.03 Å². The highest BCUT2D eigenvalue weighted by Crippen LogP contribution is 2.05. The van der Waals surface area contributed by atoms with Crippen LogP contribution in [-0.2, 0) is 27.3 Å². The van der Waals surface area contributed by atoms with Crippen LogP contribution in [0.15, 0.2) is 60.7 Å². The molecule has 2 aromatic carbocycles. The van der Waals surface area contributed by atoms with Gasteiger partial charge in [0.15, 0.2) is 0 Å². The van der Waals surface area contributed by atoms with Crippen LogP contribution in [-0.4, -0.2) is 35.8 Å². The number of hydrazine groups is 1. The van der Waals surface area contributed by atoms with Crippen LogP contribution in [0.4, 0.5) is 4.79 Å². The summed E-state index contributed by atoms with van der Waals surface area (Å²) in [7, 11) is 0. The van der Waals surface area contributed by atoms with Gasteiger partial charge < -0.3 is 16.0 Å². The number of urea groups is 1. The van der Waals surface area contributed by atoms with Crippen LogP contribution >= 0.6 is 0 Å². The molecule has 2 rings (SSSR count). The van der Waals surface area contributed by atoms with Crippen molar-refractivity contribution in [1.29, 1.82) is 0 Å². The van der Waals surface area contributed by atoms with Crippen LogP contribution in [0.2, 0.25) is 0 Å². The minimum atomic E-state index is -0.875. The second-order valence-corrected chi connectivity index (χ2v) is 7.96. The number of carbonyl (C=O) groups excluding carboxylic acids is 4. The number of rotatable bonds is 9. The average molecular weight is 454 g/mol. The van der Waals surface area contributed by atoms with Crippen molar-refractivity contribution < 1.29 is 19.2 Å². The van der Waals surface area contributed by atoms with Crippen molar-refractivity contribution in [1.82, 2.24) is 26.8 Å². The van der Waals surface area contributed by atoms with E-state index in [4.69, 9.17) is 0 Å². The number of nitrogens with one attached hydrogen (secondary N) is 5. The first-order chi connectivity index (χ1) is 15.8. The lowest BCUT2D eigenvalue weighted by Crippen LogP contribution is -2.58. The molecule has 0 spiro atoms. The van der Waals surface area contributed by atoms with Crippen LogP contribution in [0.3, 0.4) is 0 Å². The summed E-state index contributed by atoms with van der Waals surface area (Å²) < 4.78 is 0. The molecule has 5 N–H and O–H groups in total. The SMILES string of the molecule is CC(=O)N[C@@H](Cc1ccccc1)C(=O)NNC(=O)N[C@H](C(=O)NCc1ccccc1)C(C)C. The number of carbonyl (C=O) groups is 4. The molecule has 2 aromatic rings. The van der Waals surface area contributed by atoms with Crippen molar-refractivity contribution in [2.24, 2.45) is 5.92 Å². The van der Waals surface area contributed by atoms with E-state index in [9.17, 15) is 19.2 Å². The topological polar surface area (TPSA) is 128 Å². The van der Waals surface area contributed by atoms with Gasteiger partial charge in [-0.25, -0.2) is 10.2 Å². The Morgan fingerprint density at radius 2 is 1.33 bits per heavy atom. The Balaban J connectivity index is 1.89. The molecule has 9 nitrogen and oxygen atoms in total. The van der Waals surface area contributed by atoms with Crippen molar-refractivity contribution in [3.05, 3.63) is 71.8 Å². The van der Waals surface area contributed by atoms with Crippen LogP contribution in [0.25, 0.3) is 0 Å². The Morgan fingerprint density at radius 3 is 1.88 bits per heavy atom. The number of hydrogen-bond donors (Lipinski definition) is 5. The zero-order chi connectivity index (χ0) is 24.2. The molecule has 176 valence electrons. The summed E-state index contributed by atoms with van der Waals surface area (Å²) in [4.78, 5) is 49.0. The minimum Gasteiger partial charge on any atom is -0.350 e. The summed E-state index contributed by atoms with van der Waals surface area (Å²) in [6.07, 6.45) is 0.256. The van der Waals surface area contributed by atoms with Gasteiger partial charge in [-0.05, 0) is 17.0 Å². The molecule has 0 heterocycles. The third-order valence-corrected chi connectivity index (χ3v) is 4.82. The molecule has 5 amide bonds. The molecule has 0 radical (unpaired) electrons. The Bertz CT molecular complexity index is 934. The summed E-state index contributed by atoms with van der Waals surface area (Å²) in [5.41, 5.74) is 6.35. The summed E-state index contributed by atoms with van der Waals surface area (Å²) in [5.74, 6) is -1.48. The van der Waals surface area contributed by atoms with E-state index >= 15 is 0 Å². The molecule has 0 unspecified atom stereocenters. The third kappa shape index (κ3) is 9.02. The lowest BCUT2D eigenvalue weighted by atomic mass is 10.0. The van der Waals surface area contributed by atoms with Crippen molar-refractivity contribution in [2.45, 2.75) is 45.8 Å². The summed E-state index contributed by atoms with van der Waals surface area (Å²) in [6, 6.07) is 16.2. The predicted octanol–water partition coefficient (Wildman–Crippen LogP) is 1.41. The largest absolute Gasteiger partial charge is 0.350 e. The maximum absolute atomic E-state index is 12.6. The molecule has 0 fully saturated rings. The predicted molar refractivity (Wildman–Crippen MR) is 124 cm³/mol. The van der Waals surface area contributed by atoms with Gasteiger partial charge in [0.1, 0.15) is 12.1 Å². The number of benzene rings is 2. The molecule has 0 aliphatic heterocycles. The Labute approximate surface area is 193 Å². The monoisotopic (exact) mass is 453 g/mol. The summed E-state index contributed by atoms with van der Waals surface area (Å²) in [5, 5.41) is 7.95. The molecule has 0 saturated heterocycles. The van der Waals surface area contributed by atoms with Gasteiger partial charge in [0.2, 0.25) is 11.8 Å². The fraction of sp³-hybridized carbons (Fsp3) is 0.333. The van der Waals surface area contributed by atoms with E-state index in [0.29, 0.717) is 6.54 Å². The summed E-state index contributed by atoms with van der Waals surface area (Å²) in [6.45, 7) is 5.25. The standard InChI is InChI=1S/C24H31N5O4/c1-16(2)21(23(32)25-15-19-12-8-5-9-13-19)27-24(33)29-28-22(31)20(26-17(3)30)14-18-10-6-4-7-11-18/h4-13,16,20-21H,14-15H2,1-3H3,(H,25,32)(H,26,30)(H,28,31)(H2,27,29,33)/t20-,21-/m0/s1. The fourth-order valence-electron chi connectivity index (χ4n) is 3.12. The second-order valence-electron chi connectivity index (χ2n) is 7.96. The first-order valence-corrected chi connectivity index (χ1v) is 10.7. The van der Waals surface area contributed by atoms with E-state index in [-0.39, 0.29) is 24.2 Å². The van der Waals surface area contributed by atoms with Crippen molar-refractivity contribution in [3.8, 4) is 0 Å². The van der Waals surface area contributed by atoms with E-state index in [2.05, 4.69) is 26.8 Å². The van der Waals surface area contributed by atoms with Gasteiger partial charge in [0.25, 0.3) is 5.91 Å². The maximum atomic E-state index is 12.6. The number of amides is 5. The Hall–Kier alpha value is -3.88. The van der Waals surface area contributed by atoms with Crippen molar-refractivity contribution in [2.75, 3.05) is 0 Å². The molecule has 2 atom stereocenters. The van der Waals surface area contributed by atoms with Crippen LogP contribution in [0.1, 0.15) is 31.9 Å². The normalized spacial score (nSPS) is 12.2. The van der Waals surface area contributed by atoms with Gasteiger partial charge in [-0.15, -0.1) is 0 Å². The molecule has 9 heteroatoms. The average Bonchev–Trinajstić information content (AvgIpc) is 2.80. The lowest BCUT2D eigenvalue weighted by molar-refractivity contribution is -0.128. The van der Waals surface area contributed by atoms with Crippen molar-refractivity contribution in [3.63, 3.8) is 0 Å². The number of hydrogen-bond acceptors (Lipinski definition) is 4. The molecular weight excluding hydrogens is 422 g/mol. The van der Waals surface area contributed by atoms with Gasteiger partial charge in [-0.3, -0.25) is 19.8 Å². The van der Waals surface area contributed by atoms with Gasteiger partial charge in [0, 0.05) is 19.9 Å². The van der Waals surface area contributed by atoms with Crippen molar-refractivity contribution >= 4 is 23.8 Å². The molecule has 0 saturated carbocycles. The highest BCUT2D eigenvalue weighted by atomic mass is 16.2. The highest BCUT2D eigenvalue weighted by Gasteiger charge is 2.25. The van der Waals surface area contributed by atoms with Crippen LogP contribution in [0.5, 0.6) is 0 Å². The molecule has 0 aliphatic carbocycles. The first kappa shape index (κ1) is 25.4. The fourth-order valence-corrected chi connectivity index (χ4v) is 3.12. The summed E-state index contributed by atoms with van der Waals surface area (Å²) >= 11 is 0. The maximum Gasteiger partial charge on any atom is 0.334 e. The van der Waals surface area contributed by atoms with Crippen LogP contribution in [0, 0.1) is 5.92 Å². The zero-order valence-corrected chi connectivity index (χ0v) is 19.1. The minimum absolute atomic E-state index is 0.188. The van der Waals surface area contributed by atoms with Gasteiger partial charge in [0.05, 0.1) is 0 Å². The van der Waals surface area contributed by atoms with Gasteiger partial charge in [-0.2, -0.15) is 0 Å². The molecule has 0 bridgehead atoms. The first-order valence-electron chi connectivity index (χ1n) is 10.7. The van der Waals surface area contributed by atoms with E-state index in [1.807, 2.05) is 60.7 Å². The third-order valence-electron chi connectivity index (χ3n) is 4.82. The smallest absolute Gasteiger partial charge is 0.334 e. The molecule has 0 aromatic heterocycles. The second kappa shape index (κ2) is 12.8. The molecule has 0 aliphatic rings. The van der Waals surface area contributed by atoms with E-state index in [0.717, 1.165) is 11.1 Å². The quantitative estimate of drug-likeness (QED) is 0.368. The van der Waals surface area contributed by atoms with E-state index < -0.39 is 24.0 Å². The Morgan fingerprint density at radius 1 is 0.758 bits per heavy atom. The van der Waals surface area contributed by atoms with Gasteiger partial charge in [-0.1, -0.05) is 74.5 Å². The molecule has 33 heavy (non-hydrogen) atoms. The van der Waals surface area contributed by atoms with E-state index in [1.54, 1.807) is 13.8 Å². The Kier molecular flexibility index (Phi) is 9.88. The molecular formula is C24H31N5O4.